The van der Waals surface area contributed by atoms with Gasteiger partial charge in [0.25, 0.3) is 0 Å². The number of sulfonamides is 2. The highest BCUT2D eigenvalue weighted by atomic mass is 32.2. The van der Waals surface area contributed by atoms with Crippen molar-refractivity contribution in [3.8, 4) is 6.07 Å². The molecule has 1 aromatic carbocycles. The maximum Gasteiger partial charge on any atom is 0.237 e. The van der Waals surface area contributed by atoms with Crippen LogP contribution in [-0.2, 0) is 105 Å². The Morgan fingerprint density at radius 2 is 0.975 bits per heavy atom. The van der Waals surface area contributed by atoms with Crippen molar-refractivity contribution in [1.29, 1.82) is 5.26 Å². The van der Waals surface area contributed by atoms with E-state index < -0.39 is 138 Å². The summed E-state index contributed by atoms with van der Waals surface area (Å²) in [4.78, 5) is 158. The Balaban J connectivity index is 0.000000430. The number of aromatic nitrogens is 1. The average Bonchev–Trinajstić information content (AvgIpc) is 1.71. The molecular weight excluding hydrogens is 1590 g/mol. The fourth-order valence-electron chi connectivity index (χ4n) is 17.8. The minimum absolute atomic E-state index is 0.00433. The SMILES string of the molecule is CC[C@H](C)[C@@H]([C@@H](CC(=O)N1C[C@H](C#N)C[C@H]1[C@H](OC)[C@@H](C)C(=O)C[C@@H](Cc1ccccc1)C(=O)NS(=O)(=O)C1CC1)OC)N(C)C(=O)[C@@H](CC(=O)[C@@H](NC)C(C)C)C(C)C.CC[C@H](C)[C@@H]([C@@H](CC(=O)N1C[C@H](ON)C[C@H]1[C@H](OC)[C@@H](C)C(=O)C[C@@H](Cc1ccccn1)C(=O)NS(=O)(=O)C1CC1)OC)N(C)C(=O)[C@@H](CC(=O)[C@H](C(C)C)N(C)C)C(C)C. The van der Waals surface area contributed by atoms with E-state index >= 15 is 0 Å². The van der Waals surface area contributed by atoms with E-state index in [1.807, 2.05) is 132 Å². The van der Waals surface area contributed by atoms with Gasteiger partial charge in [0, 0.05) is 136 Å². The zero-order valence-electron chi connectivity index (χ0n) is 76.2. The first-order valence-corrected chi connectivity index (χ1v) is 46.5. The van der Waals surface area contributed by atoms with Crippen LogP contribution in [0.4, 0.5) is 0 Å². The van der Waals surface area contributed by atoms with Gasteiger partial charge in [-0.05, 0) is 113 Å². The molecule has 3 heterocycles. The number of rotatable bonds is 51. The highest BCUT2D eigenvalue weighted by Crippen LogP contribution is 2.38. The number of benzene rings is 1. The summed E-state index contributed by atoms with van der Waals surface area (Å²) in [5.74, 6) is -3.26. The Bertz CT molecular complexity index is 3990. The molecule has 4 fully saturated rings. The number of carbonyl (C=O) groups excluding carboxylic acids is 10. The summed E-state index contributed by atoms with van der Waals surface area (Å²) in [6.45, 7) is 27.2. The molecule has 2 saturated carbocycles. The van der Waals surface area contributed by atoms with Crippen molar-refractivity contribution in [2.45, 2.75) is 277 Å². The van der Waals surface area contributed by atoms with Gasteiger partial charge in [0.15, 0.2) is 11.6 Å². The molecule has 1 aromatic heterocycles. The number of ether oxygens (including phenoxy) is 4. The summed E-state index contributed by atoms with van der Waals surface area (Å²) >= 11 is 0. The van der Waals surface area contributed by atoms with Gasteiger partial charge in [0.2, 0.25) is 55.5 Å². The van der Waals surface area contributed by atoms with Crippen LogP contribution in [0.2, 0.25) is 0 Å². The highest BCUT2D eigenvalue weighted by molar-refractivity contribution is 7.91. The number of nitriles is 1. The number of pyridine rings is 1. The van der Waals surface area contributed by atoms with Gasteiger partial charge in [-0.15, -0.1) is 0 Å². The molecule has 0 bridgehead atoms. The Morgan fingerprint density at radius 3 is 1.34 bits per heavy atom. The first kappa shape index (κ1) is 104. The Hall–Kier alpha value is -7.06. The molecule has 30 nitrogen and oxygen atoms in total. The zero-order valence-corrected chi connectivity index (χ0v) is 77.8. The Kier molecular flexibility index (Phi) is 41.8. The molecule has 2 saturated heterocycles. The van der Waals surface area contributed by atoms with Crippen molar-refractivity contribution in [3.63, 3.8) is 0 Å². The van der Waals surface area contributed by atoms with E-state index in [9.17, 15) is 70.0 Å². The Labute approximate surface area is 721 Å². The van der Waals surface area contributed by atoms with Crippen molar-refractivity contribution in [2.24, 2.45) is 82.8 Å². The van der Waals surface area contributed by atoms with Gasteiger partial charge in [-0.2, -0.15) is 5.26 Å². The third-order valence-corrected chi connectivity index (χ3v) is 29.3. The molecule has 0 radical (unpaired) electrons. The van der Waals surface area contributed by atoms with E-state index in [4.69, 9.17) is 29.7 Å². The number of likely N-dealkylation sites (N-methyl/N-ethyl adjacent to an activating group) is 4. The first-order chi connectivity index (χ1) is 56.9. The number of nitrogens with zero attached hydrogens (tertiary/aromatic N) is 7. The molecule has 121 heavy (non-hydrogen) atoms. The van der Waals surface area contributed by atoms with Crippen LogP contribution in [0.3, 0.4) is 0 Å². The van der Waals surface area contributed by atoms with Crippen LogP contribution in [0.1, 0.15) is 198 Å². The minimum atomic E-state index is -3.87. The summed E-state index contributed by atoms with van der Waals surface area (Å²) in [7, 11) is 7.09. The fraction of sp³-hybridized carbons (Fsp3) is 0.753. The van der Waals surface area contributed by atoms with Crippen LogP contribution in [0.5, 0.6) is 0 Å². The number of ketones is 4. The van der Waals surface area contributed by atoms with Gasteiger partial charge in [0.1, 0.15) is 11.6 Å². The van der Waals surface area contributed by atoms with Crippen molar-refractivity contribution in [3.05, 3.63) is 66.0 Å². The highest BCUT2D eigenvalue weighted by Gasteiger charge is 2.50. The number of carbonyl (C=O) groups is 10. The number of Topliss-reactive ketones (excluding diaryl/α,β-unsaturated/α-hetero) is 4. The molecule has 6 amide bonds. The average molecular weight is 1740 g/mol. The van der Waals surface area contributed by atoms with E-state index in [-0.39, 0.29) is 172 Å². The van der Waals surface area contributed by atoms with Crippen molar-refractivity contribution in [1.82, 2.24) is 44.2 Å². The van der Waals surface area contributed by atoms with E-state index in [0.29, 0.717) is 44.2 Å². The number of likely N-dealkylation sites (tertiary alicyclic amines) is 2. The summed E-state index contributed by atoms with van der Waals surface area (Å²) < 4.78 is 79.4. The third-order valence-electron chi connectivity index (χ3n) is 25.6. The molecule has 32 heteroatoms. The van der Waals surface area contributed by atoms with Gasteiger partial charge in [-0.25, -0.2) is 22.7 Å². The maximum atomic E-state index is 14.5. The number of nitrogens with one attached hydrogen (secondary N) is 3. The van der Waals surface area contributed by atoms with E-state index in [2.05, 4.69) is 25.8 Å². The summed E-state index contributed by atoms with van der Waals surface area (Å²) in [6.07, 6.45) is 1.17. The zero-order chi connectivity index (χ0) is 91.0. The summed E-state index contributed by atoms with van der Waals surface area (Å²) in [5.41, 5.74) is 1.30. The molecule has 0 unspecified atom stereocenters. The quantitative estimate of drug-likeness (QED) is 0.0456. The molecule has 20 atom stereocenters. The summed E-state index contributed by atoms with van der Waals surface area (Å²) in [5, 5.41) is 11.9. The number of methoxy groups -OCH3 is 4. The molecule has 2 aromatic rings. The second-order valence-corrected chi connectivity index (χ2v) is 39.9. The largest absolute Gasteiger partial charge is 0.379 e. The van der Waals surface area contributed by atoms with Gasteiger partial charge >= 0.3 is 0 Å². The van der Waals surface area contributed by atoms with Crippen LogP contribution in [0.15, 0.2) is 54.7 Å². The Morgan fingerprint density at radius 1 is 0.545 bits per heavy atom. The van der Waals surface area contributed by atoms with Gasteiger partial charge in [-0.3, -0.25) is 72.1 Å². The summed E-state index contributed by atoms with van der Waals surface area (Å²) in [6, 6.07) is 13.4. The second kappa shape index (κ2) is 48.4. The lowest BCUT2D eigenvalue weighted by atomic mass is 9.83. The number of hydrogen-bond donors (Lipinski definition) is 4. The standard InChI is InChI=1S/C45H71N5O9S.C44H74N6O10S/c1-12-29(6)42(49(9)45(55)35(27(2)3)23-38(52)41(47-8)28(4)5)39(58-10)24-40(53)50-26-32(25-46)21-36(50)43(59-11)30(7)37(51)22-33(20-31-16-14-13-15-17-31)44(54)48-60(56,57)34-18-19-34;1-13-28(6)41(49(10)44(55)34(26(2)3)23-37(52)40(27(4)5)48(8)9)38(58-11)24-39(53)50-25-32(60-45)22-35(50)42(59-12)29(7)36(51)21-30(20-31-16-14-15-19-46-31)43(54)47-61(56,57)33-17-18-33/h13-17,27-30,32-36,39,41-43,47H,12,18-24,26H2,1-11H3,(H,48,54);14-16,19,26-30,32-35,38,40-42H,13,17-18,20-25,45H2,1-12H3,(H,47,54)/t29-,30-,32-,33+,35-,36-,39+,41-,42-,43+;28-,29-,30+,32+,34-,35-,38+,40-,41-,42+/m00/s1. The van der Waals surface area contributed by atoms with Crippen molar-refractivity contribution in [2.75, 3.05) is 76.8 Å². The van der Waals surface area contributed by atoms with Gasteiger partial charge in [0.05, 0.1) is 108 Å². The second-order valence-electron chi connectivity index (χ2n) is 35.9. The van der Waals surface area contributed by atoms with Crippen molar-refractivity contribution >= 4 is 78.6 Å². The fourth-order valence-corrected chi connectivity index (χ4v) is 20.6. The molecule has 4 aliphatic rings. The predicted octanol–water partition coefficient (Wildman–Crippen LogP) is 7.97. The van der Waals surface area contributed by atoms with Gasteiger partial charge < -0.3 is 43.9 Å². The third kappa shape index (κ3) is 29.0. The predicted molar refractivity (Wildman–Crippen MR) is 462 cm³/mol. The minimum Gasteiger partial charge on any atom is -0.379 e. The lowest BCUT2D eigenvalue weighted by Gasteiger charge is -2.41. The number of hydrogen-bond acceptors (Lipinski definition) is 24. The number of nitrogens with two attached hydrogens (primary N) is 1. The smallest absolute Gasteiger partial charge is 0.237 e. The van der Waals surface area contributed by atoms with E-state index in [0.717, 1.165) is 5.56 Å². The molecule has 5 N–H and O–H groups in total. The molecular formula is C89H145N11O19S2. The molecule has 0 spiro atoms. The normalized spacial score (nSPS) is 21.0. The first-order valence-electron chi connectivity index (χ1n) is 43.4. The maximum absolute atomic E-state index is 14.5. The topological polar surface area (TPSA) is 400 Å². The molecule has 2 aliphatic carbocycles. The lowest BCUT2D eigenvalue weighted by Crippen LogP contribution is -2.54. The lowest BCUT2D eigenvalue weighted by molar-refractivity contribution is -0.149. The monoisotopic (exact) mass is 1740 g/mol. The molecule has 682 valence electrons. The number of amides is 6. The van der Waals surface area contributed by atoms with Crippen LogP contribution >= 0.6 is 0 Å². The van der Waals surface area contributed by atoms with Gasteiger partial charge in [-0.1, -0.05) is 146 Å². The van der Waals surface area contributed by atoms with Crippen LogP contribution in [-0.4, -0.2) is 259 Å². The molecule has 6 rings (SSSR count). The van der Waals surface area contributed by atoms with Crippen LogP contribution in [0, 0.1) is 88.3 Å². The van der Waals surface area contributed by atoms with E-state index in [1.54, 1.807) is 79.0 Å². The van der Waals surface area contributed by atoms with E-state index in [1.165, 1.54) is 28.4 Å². The molecule has 2 aliphatic heterocycles. The van der Waals surface area contributed by atoms with Crippen LogP contribution < -0.4 is 20.7 Å². The van der Waals surface area contributed by atoms with Crippen LogP contribution in [0.25, 0.3) is 0 Å². The van der Waals surface area contributed by atoms with Crippen molar-refractivity contribution < 1.29 is 88.6 Å².